The summed E-state index contributed by atoms with van der Waals surface area (Å²) in [6.07, 6.45) is 1.98. The van der Waals surface area contributed by atoms with Crippen molar-refractivity contribution in [2.45, 2.75) is 31.3 Å². The highest BCUT2D eigenvalue weighted by Gasteiger charge is 2.27. The number of carbonyl (C=O) groups excluding carboxylic acids is 1. The van der Waals surface area contributed by atoms with Crippen LogP contribution in [0.4, 0.5) is 0 Å². The van der Waals surface area contributed by atoms with E-state index in [1.54, 1.807) is 0 Å². The molecule has 0 spiro atoms. The van der Waals surface area contributed by atoms with Crippen LogP contribution in [0.3, 0.4) is 0 Å². The number of carboxylic acids is 1. The minimum Gasteiger partial charge on any atom is -0.480 e. The van der Waals surface area contributed by atoms with E-state index in [-0.39, 0.29) is 11.9 Å². The van der Waals surface area contributed by atoms with Gasteiger partial charge in [0, 0.05) is 24.7 Å². The van der Waals surface area contributed by atoms with Crippen molar-refractivity contribution >= 4 is 11.9 Å². The molecule has 5 nitrogen and oxygen atoms in total. The van der Waals surface area contributed by atoms with Crippen LogP contribution in [-0.4, -0.2) is 47.1 Å². The Labute approximate surface area is 153 Å². The van der Waals surface area contributed by atoms with Crippen molar-refractivity contribution < 1.29 is 14.7 Å². The molecule has 26 heavy (non-hydrogen) atoms. The second-order valence-corrected chi connectivity index (χ2v) is 6.68. The molecule has 1 aliphatic heterocycles. The zero-order valence-corrected chi connectivity index (χ0v) is 14.7. The van der Waals surface area contributed by atoms with Gasteiger partial charge in [0.05, 0.1) is 0 Å². The second-order valence-electron chi connectivity index (χ2n) is 6.68. The van der Waals surface area contributed by atoms with Gasteiger partial charge in [0.2, 0.25) is 0 Å². The van der Waals surface area contributed by atoms with E-state index in [0.717, 1.165) is 18.4 Å². The minimum absolute atomic E-state index is 0.0446. The Hall–Kier alpha value is -2.66. The zero-order valence-electron chi connectivity index (χ0n) is 14.7. The molecule has 1 atom stereocenters. The second kappa shape index (κ2) is 8.63. The van der Waals surface area contributed by atoms with Crippen LogP contribution in [0.5, 0.6) is 0 Å². The lowest BCUT2D eigenvalue weighted by Gasteiger charge is -2.34. The Kier molecular flexibility index (Phi) is 6.02. The van der Waals surface area contributed by atoms with E-state index >= 15 is 0 Å². The Bertz CT molecular complexity index is 725. The Morgan fingerprint density at radius 3 is 2.15 bits per heavy atom. The Morgan fingerprint density at radius 2 is 1.58 bits per heavy atom. The lowest BCUT2D eigenvalue weighted by atomic mass is 10.00. The van der Waals surface area contributed by atoms with E-state index in [1.165, 1.54) is 0 Å². The number of hydrogen-bond donors (Lipinski definition) is 2. The third-order valence-electron chi connectivity index (χ3n) is 4.82. The Morgan fingerprint density at radius 1 is 1.00 bits per heavy atom. The fraction of sp³-hybridized carbons (Fsp3) is 0.333. The van der Waals surface area contributed by atoms with Crippen LogP contribution in [0.1, 0.15) is 28.8 Å². The molecular weight excluding hydrogens is 328 g/mol. The highest BCUT2D eigenvalue weighted by molar-refractivity contribution is 5.94. The maximum Gasteiger partial charge on any atom is 0.321 e. The van der Waals surface area contributed by atoms with Crippen molar-refractivity contribution in [2.75, 3.05) is 13.1 Å². The summed E-state index contributed by atoms with van der Waals surface area (Å²) >= 11 is 0. The van der Waals surface area contributed by atoms with Crippen LogP contribution >= 0.6 is 0 Å². The molecule has 1 saturated heterocycles. The van der Waals surface area contributed by atoms with Gasteiger partial charge in [-0.05, 0) is 37.0 Å². The average Bonchev–Trinajstić information content (AvgIpc) is 2.69. The van der Waals surface area contributed by atoms with E-state index in [9.17, 15) is 14.7 Å². The normalized spacial score (nSPS) is 16.2. The molecule has 136 valence electrons. The summed E-state index contributed by atoms with van der Waals surface area (Å²) in [4.78, 5) is 25.9. The summed E-state index contributed by atoms with van der Waals surface area (Å²) in [6.45, 7) is 1.28. The van der Waals surface area contributed by atoms with Crippen LogP contribution in [0, 0.1) is 0 Å². The number of aliphatic carboxylic acids is 1. The van der Waals surface area contributed by atoms with Crippen molar-refractivity contribution in [2.24, 2.45) is 0 Å². The first-order valence-electron chi connectivity index (χ1n) is 9.00. The van der Waals surface area contributed by atoms with Crippen molar-refractivity contribution in [1.82, 2.24) is 10.2 Å². The van der Waals surface area contributed by atoms with Crippen LogP contribution < -0.4 is 5.32 Å². The summed E-state index contributed by atoms with van der Waals surface area (Å²) < 4.78 is 0. The summed E-state index contributed by atoms with van der Waals surface area (Å²) in [5, 5.41) is 12.8. The van der Waals surface area contributed by atoms with Gasteiger partial charge in [-0.15, -0.1) is 0 Å². The molecule has 0 unspecified atom stereocenters. The topological polar surface area (TPSA) is 69.6 Å². The predicted octanol–water partition coefficient (Wildman–Crippen LogP) is 2.58. The SMILES string of the molecule is O=C(O)[C@H](Cc1ccccc1)NC1CCN(C(=O)c2ccccc2)CC1. The number of likely N-dealkylation sites (tertiary alicyclic amines) is 1. The Balaban J connectivity index is 1.53. The number of carbonyl (C=O) groups is 2. The molecule has 1 aliphatic rings. The van der Waals surface area contributed by atoms with E-state index in [0.29, 0.717) is 25.1 Å². The van der Waals surface area contributed by atoms with Gasteiger partial charge in [-0.25, -0.2) is 0 Å². The monoisotopic (exact) mass is 352 g/mol. The first-order chi connectivity index (χ1) is 12.6. The van der Waals surface area contributed by atoms with E-state index in [1.807, 2.05) is 65.6 Å². The molecule has 0 radical (unpaired) electrons. The third kappa shape index (κ3) is 4.70. The first kappa shape index (κ1) is 18.1. The van der Waals surface area contributed by atoms with Crippen molar-refractivity contribution in [3.05, 3.63) is 71.8 Å². The number of nitrogens with zero attached hydrogens (tertiary/aromatic N) is 1. The summed E-state index contributed by atoms with van der Waals surface area (Å²) in [6, 6.07) is 18.4. The number of nitrogens with one attached hydrogen (secondary N) is 1. The fourth-order valence-corrected chi connectivity index (χ4v) is 3.36. The predicted molar refractivity (Wildman–Crippen MR) is 100 cm³/mol. The molecule has 1 amide bonds. The quantitative estimate of drug-likeness (QED) is 0.838. The number of amides is 1. The average molecular weight is 352 g/mol. The molecule has 2 aromatic carbocycles. The smallest absolute Gasteiger partial charge is 0.321 e. The van der Waals surface area contributed by atoms with Crippen LogP contribution in [0.25, 0.3) is 0 Å². The number of rotatable bonds is 6. The molecule has 5 heteroatoms. The molecule has 2 N–H and O–H groups in total. The maximum atomic E-state index is 12.5. The van der Waals surface area contributed by atoms with Gasteiger partial charge < -0.3 is 15.3 Å². The molecule has 0 aromatic heterocycles. The third-order valence-corrected chi connectivity index (χ3v) is 4.82. The van der Waals surface area contributed by atoms with Gasteiger partial charge in [0.1, 0.15) is 6.04 Å². The number of carboxylic acid groups (broad SMARTS) is 1. The first-order valence-corrected chi connectivity index (χ1v) is 9.00. The van der Waals surface area contributed by atoms with Crippen molar-refractivity contribution in [3.8, 4) is 0 Å². The molecule has 0 bridgehead atoms. The van der Waals surface area contributed by atoms with Gasteiger partial charge in [-0.1, -0.05) is 48.5 Å². The van der Waals surface area contributed by atoms with Gasteiger partial charge in [0.25, 0.3) is 5.91 Å². The van der Waals surface area contributed by atoms with Gasteiger partial charge >= 0.3 is 5.97 Å². The summed E-state index contributed by atoms with van der Waals surface area (Å²) in [5.41, 5.74) is 1.70. The number of benzene rings is 2. The molecule has 0 aliphatic carbocycles. The number of hydrogen-bond acceptors (Lipinski definition) is 3. The standard InChI is InChI=1S/C21H24N2O3/c24-20(17-9-5-2-6-10-17)23-13-11-18(12-14-23)22-19(21(25)26)15-16-7-3-1-4-8-16/h1-10,18-19,22H,11-15H2,(H,25,26)/t19-/m0/s1. The largest absolute Gasteiger partial charge is 0.480 e. The highest BCUT2D eigenvalue weighted by atomic mass is 16.4. The van der Waals surface area contributed by atoms with Gasteiger partial charge in [0.15, 0.2) is 0 Å². The lowest BCUT2D eigenvalue weighted by molar-refractivity contribution is -0.139. The number of piperidine rings is 1. The van der Waals surface area contributed by atoms with Crippen LogP contribution in [-0.2, 0) is 11.2 Å². The summed E-state index contributed by atoms with van der Waals surface area (Å²) in [7, 11) is 0. The van der Waals surface area contributed by atoms with Crippen LogP contribution in [0.2, 0.25) is 0 Å². The molecule has 1 fully saturated rings. The van der Waals surface area contributed by atoms with Gasteiger partial charge in [-0.3, -0.25) is 9.59 Å². The maximum absolute atomic E-state index is 12.5. The molecule has 3 rings (SSSR count). The fourth-order valence-electron chi connectivity index (χ4n) is 3.36. The van der Waals surface area contributed by atoms with E-state index < -0.39 is 12.0 Å². The lowest BCUT2D eigenvalue weighted by Crippen LogP contribution is -2.50. The molecule has 0 saturated carbocycles. The minimum atomic E-state index is -0.836. The van der Waals surface area contributed by atoms with Crippen molar-refractivity contribution in [3.63, 3.8) is 0 Å². The van der Waals surface area contributed by atoms with Crippen molar-refractivity contribution in [1.29, 1.82) is 0 Å². The van der Waals surface area contributed by atoms with Crippen LogP contribution in [0.15, 0.2) is 60.7 Å². The highest BCUT2D eigenvalue weighted by Crippen LogP contribution is 2.15. The molecular formula is C21H24N2O3. The molecule has 2 aromatic rings. The van der Waals surface area contributed by atoms with Gasteiger partial charge in [-0.2, -0.15) is 0 Å². The zero-order chi connectivity index (χ0) is 18.4. The van der Waals surface area contributed by atoms with E-state index in [4.69, 9.17) is 0 Å². The summed E-state index contributed by atoms with van der Waals surface area (Å²) in [5.74, 6) is -0.792. The molecule has 1 heterocycles. The van der Waals surface area contributed by atoms with E-state index in [2.05, 4.69) is 5.32 Å².